The molecular weight excluding hydrogens is 1580 g/mol. The van der Waals surface area contributed by atoms with Crippen LogP contribution in [0.3, 0.4) is 0 Å². The summed E-state index contributed by atoms with van der Waals surface area (Å²) < 4.78 is 25.5. The summed E-state index contributed by atoms with van der Waals surface area (Å²) in [7, 11) is 0. The quantitative estimate of drug-likeness (QED) is 0.0596. The highest BCUT2D eigenvalue weighted by molar-refractivity contribution is 5.91. The molecule has 22 rings (SSSR count). The van der Waals surface area contributed by atoms with Gasteiger partial charge in [-0.25, -0.2) is 0 Å². The summed E-state index contributed by atoms with van der Waals surface area (Å²) in [6, 6.07) is 158. The number of benzene rings is 17. The van der Waals surface area contributed by atoms with E-state index in [1.807, 2.05) is 72.8 Å². The minimum absolute atomic E-state index is 0. The lowest BCUT2D eigenvalue weighted by Gasteiger charge is -2.34. The van der Waals surface area contributed by atoms with E-state index in [0.717, 1.165) is 89.8 Å². The molecular formula is C121H92O8. The van der Waals surface area contributed by atoms with Gasteiger partial charge < -0.3 is 39.4 Å². The van der Waals surface area contributed by atoms with Gasteiger partial charge >= 0.3 is 0 Å². The third-order valence-corrected chi connectivity index (χ3v) is 26.3. The van der Waals surface area contributed by atoms with Gasteiger partial charge in [0, 0.05) is 0 Å². The number of rotatable bonds is 20. The third-order valence-electron chi connectivity index (χ3n) is 26.3. The fourth-order valence-electron chi connectivity index (χ4n) is 20.6. The zero-order valence-electron chi connectivity index (χ0n) is 70.1. The molecule has 4 N–H and O–H groups in total. The Morgan fingerprint density at radius 3 is 0.442 bits per heavy atom. The molecule has 0 amide bonds. The average Bonchev–Trinajstić information content (AvgIpc) is 1.57. The molecule has 624 valence electrons. The molecule has 129 heavy (non-hydrogen) atoms. The van der Waals surface area contributed by atoms with Crippen molar-refractivity contribution in [1.29, 1.82) is 0 Å². The Bertz CT molecular complexity index is 6540. The van der Waals surface area contributed by atoms with Crippen LogP contribution in [0, 0.1) is 0 Å². The first kappa shape index (κ1) is 81.2. The fraction of sp³-hybridized carbons (Fsp3) is 0.0744. The second-order valence-corrected chi connectivity index (χ2v) is 33.2. The normalized spacial score (nSPS) is 13.4. The number of ether oxygens (including phenoxy) is 4. The molecule has 4 aliphatic rings. The number of phenolic OH excluding ortho intramolecular Hbond substituents is 4. The molecule has 0 bridgehead atoms. The van der Waals surface area contributed by atoms with Gasteiger partial charge in [-0.15, -0.1) is 0 Å². The first-order chi connectivity index (χ1) is 63.1. The van der Waals surface area contributed by atoms with Crippen molar-refractivity contribution in [2.45, 2.75) is 55.5 Å². The monoisotopic (exact) mass is 1670 g/mol. The van der Waals surface area contributed by atoms with E-state index in [2.05, 4.69) is 340 Å². The molecule has 8 nitrogen and oxygen atoms in total. The topological polar surface area (TPSA) is 118 Å². The highest BCUT2D eigenvalue weighted by atomic mass is 16.5. The maximum absolute atomic E-state index is 10.2. The van der Waals surface area contributed by atoms with Crippen LogP contribution in [-0.2, 0) is 48.1 Å². The molecule has 0 saturated carbocycles. The van der Waals surface area contributed by atoms with E-state index in [0.29, 0.717) is 26.4 Å². The Morgan fingerprint density at radius 1 is 0.147 bits per heavy atom. The first-order valence-corrected chi connectivity index (χ1v) is 43.4. The van der Waals surface area contributed by atoms with Crippen LogP contribution in [0.5, 0.6) is 46.0 Å². The predicted octanol–water partition coefficient (Wildman–Crippen LogP) is 27.7. The van der Waals surface area contributed by atoms with Crippen LogP contribution in [0.1, 0.15) is 119 Å². The van der Waals surface area contributed by atoms with Gasteiger partial charge in [0.25, 0.3) is 0 Å². The van der Waals surface area contributed by atoms with Gasteiger partial charge in [0.2, 0.25) is 0 Å². The van der Waals surface area contributed by atoms with Gasteiger partial charge in [0.05, 0.1) is 21.7 Å². The van der Waals surface area contributed by atoms with Crippen LogP contribution in [0.15, 0.2) is 461 Å². The number of hydrogen-bond acceptors (Lipinski definition) is 8. The van der Waals surface area contributed by atoms with Crippen molar-refractivity contribution in [3.63, 3.8) is 0 Å². The molecule has 0 spiro atoms. The van der Waals surface area contributed by atoms with E-state index < -0.39 is 21.7 Å². The zero-order valence-corrected chi connectivity index (χ0v) is 70.1. The maximum atomic E-state index is 10.2. The largest absolute Gasteiger partial charge is 0.508 e. The Hall–Kier alpha value is -16.2. The van der Waals surface area contributed by atoms with Gasteiger partial charge in [0.1, 0.15) is 72.4 Å². The van der Waals surface area contributed by atoms with Gasteiger partial charge in [0.15, 0.2) is 0 Å². The molecule has 0 aliphatic heterocycles. The lowest BCUT2D eigenvalue weighted by Crippen LogP contribution is -2.28. The molecule has 18 aromatic carbocycles. The van der Waals surface area contributed by atoms with Crippen LogP contribution in [0.25, 0.3) is 44.5 Å². The van der Waals surface area contributed by atoms with Crippen molar-refractivity contribution in [3.05, 3.63) is 572 Å². The summed E-state index contributed by atoms with van der Waals surface area (Å²) in [4.78, 5) is 0. The van der Waals surface area contributed by atoms with Gasteiger partial charge in [-0.3, -0.25) is 0 Å². The first-order valence-electron chi connectivity index (χ1n) is 43.4. The summed E-state index contributed by atoms with van der Waals surface area (Å²) >= 11 is 0. The van der Waals surface area contributed by atoms with Crippen LogP contribution < -0.4 is 18.9 Å². The average molecular weight is 1670 g/mol. The number of hydrogen-bond donors (Lipinski definition) is 4. The summed E-state index contributed by atoms with van der Waals surface area (Å²) in [6.45, 7) is 1.69. The standard InChI is InChI=1S/C62H46O4.C58H42O4.CH4/c63-49-33-25-45(26-34-49)61(57-21-9-5-17-53(57)54-18-6-10-22-58(54)61)47-29-37-51(38-30-47)65-41-43-13-1-2-14-44(16-4-3-15-43)42-66-52-39-31-48(32-40-52)62(46-27-35-50(64)36-28-46)59-23-11-7-19-55(59)56-20-8-12-24-60(56)62;59-45-29-21-41(22-30-45)57(53-13-5-1-9-49(53)50-10-2-6-14-54(50)57)43-25-33-47(34-26-43)61-37-39-17-19-40(20-18-39)38-62-48-35-27-44(28-36-48)58(42-23-31-46(60)32-24-42)55-15-7-3-11-51(55)52-12-4-8-16-56(52)58;/h1-40,63-64H,41-42H2;1-36,59-60H,37-38H2;1H4. The van der Waals surface area contributed by atoms with Gasteiger partial charge in [-0.05, 0) is 253 Å². The zero-order chi connectivity index (χ0) is 86.2. The van der Waals surface area contributed by atoms with Crippen molar-refractivity contribution in [2.24, 2.45) is 0 Å². The lowest BCUT2D eigenvalue weighted by atomic mass is 9.68. The summed E-state index contributed by atoms with van der Waals surface area (Å²) in [5.74, 6) is 4.14. The fourth-order valence-corrected chi connectivity index (χ4v) is 20.6. The summed E-state index contributed by atoms with van der Waals surface area (Å²) in [6.07, 6.45) is 0. The summed E-state index contributed by atoms with van der Waals surface area (Å²) in [5.41, 5.74) is 30.5. The van der Waals surface area contributed by atoms with Gasteiger partial charge in [-0.2, -0.15) is 0 Å². The second kappa shape index (κ2) is 34.4. The molecule has 0 radical (unpaired) electrons. The minimum atomic E-state index is -0.547. The Morgan fingerprint density at radius 2 is 0.279 bits per heavy atom. The Balaban J connectivity index is 0.000000161. The molecule has 0 aromatic heterocycles. The molecule has 0 heterocycles. The van der Waals surface area contributed by atoms with E-state index in [1.54, 1.807) is 48.5 Å². The molecule has 0 atom stereocenters. The highest BCUT2D eigenvalue weighted by Gasteiger charge is 2.50. The van der Waals surface area contributed by atoms with E-state index in [9.17, 15) is 20.4 Å². The Labute approximate surface area is 752 Å². The molecule has 4 aliphatic carbocycles. The van der Waals surface area contributed by atoms with Crippen molar-refractivity contribution < 1.29 is 39.4 Å². The molecule has 0 saturated heterocycles. The van der Waals surface area contributed by atoms with Gasteiger partial charge in [-0.1, -0.05) is 371 Å². The van der Waals surface area contributed by atoms with Crippen LogP contribution >= 0.6 is 0 Å². The molecule has 18 aromatic rings. The van der Waals surface area contributed by atoms with E-state index in [4.69, 9.17) is 18.9 Å². The molecule has 0 fully saturated rings. The van der Waals surface area contributed by atoms with E-state index in [-0.39, 0.29) is 30.4 Å². The minimum Gasteiger partial charge on any atom is -0.508 e. The van der Waals surface area contributed by atoms with Crippen molar-refractivity contribution in [3.8, 4) is 90.5 Å². The smallest absolute Gasteiger partial charge is 0.119 e. The third kappa shape index (κ3) is 14.2. The number of fused-ring (bicyclic) bond motifs is 12. The Kier molecular flexibility index (Phi) is 21.7. The number of aromatic hydroxyl groups is 4. The van der Waals surface area contributed by atoms with Crippen LogP contribution in [0.4, 0.5) is 0 Å². The van der Waals surface area contributed by atoms with E-state index >= 15 is 0 Å². The van der Waals surface area contributed by atoms with Crippen molar-refractivity contribution in [1.82, 2.24) is 0 Å². The SMILES string of the molecule is C.Oc1ccc(C2(c3ccc(OCc4ccc(COc5ccc(C6(c7ccc(O)cc7)c7ccccc7-c7ccccc76)cc5)cc4)cc3)c3ccccc3-c3ccccc32)cc1.Oc1ccc(C2(c3ccc(OCc4ccccc(COc5ccc(C6(c7ccc(O)cc7)c7ccccc7-c7ccccc76)cc5)cccc4)cc3)c3ccccc3-c3ccccc32)cc1. The number of phenols is 4. The summed E-state index contributed by atoms with van der Waals surface area (Å²) in [5, 5.41) is 40.9. The van der Waals surface area contributed by atoms with Crippen molar-refractivity contribution in [2.75, 3.05) is 0 Å². The molecule has 8 heteroatoms. The lowest BCUT2D eigenvalue weighted by molar-refractivity contribution is 0.302. The second-order valence-electron chi connectivity index (χ2n) is 33.2. The highest BCUT2D eigenvalue weighted by Crippen LogP contribution is 2.61. The van der Waals surface area contributed by atoms with Crippen LogP contribution in [-0.4, -0.2) is 20.4 Å². The van der Waals surface area contributed by atoms with Crippen molar-refractivity contribution >= 4 is 0 Å². The predicted molar refractivity (Wildman–Crippen MR) is 516 cm³/mol. The maximum Gasteiger partial charge on any atom is 0.119 e. The van der Waals surface area contributed by atoms with E-state index in [1.165, 1.54) is 89.0 Å². The molecule has 0 unspecified atom stereocenters. The van der Waals surface area contributed by atoms with Crippen LogP contribution in [0.2, 0.25) is 0 Å².